The minimum atomic E-state index is -3.67. The van der Waals surface area contributed by atoms with Crippen molar-refractivity contribution in [3.05, 3.63) is 23.6 Å². The van der Waals surface area contributed by atoms with Gasteiger partial charge in [0.2, 0.25) is 15.9 Å². The minimum Gasteiger partial charge on any atom is -0.337 e. The van der Waals surface area contributed by atoms with Crippen LogP contribution in [-0.2, 0) is 22.6 Å². The van der Waals surface area contributed by atoms with E-state index in [0.717, 1.165) is 12.8 Å². The third kappa shape index (κ3) is 2.24. The Hall–Kier alpha value is -1.74. The smallest absolute Gasteiger partial charge is 0.247 e. The van der Waals surface area contributed by atoms with Crippen LogP contribution in [0.5, 0.6) is 0 Å². The van der Waals surface area contributed by atoms with Crippen LogP contribution in [0, 0.1) is 6.92 Å². The van der Waals surface area contributed by atoms with Gasteiger partial charge in [-0.3, -0.25) is 4.68 Å². The first-order valence-corrected chi connectivity index (χ1v) is 8.76. The average molecular weight is 323 g/mol. The zero-order valence-corrected chi connectivity index (χ0v) is 13.2. The van der Waals surface area contributed by atoms with Gasteiger partial charge in [0.05, 0.1) is 5.69 Å². The molecule has 2 heterocycles. The summed E-state index contributed by atoms with van der Waals surface area (Å²) in [5, 5.41) is 8.06. The molecule has 2 aliphatic carbocycles. The lowest BCUT2D eigenvalue weighted by molar-refractivity contribution is 0.335. The van der Waals surface area contributed by atoms with Crippen LogP contribution in [0.25, 0.3) is 0 Å². The number of hydrogen-bond acceptors (Lipinski definition) is 6. The van der Waals surface area contributed by atoms with E-state index in [-0.39, 0.29) is 10.8 Å². The standard InChI is InChI=1S/C13H17N5O3S/c1-8-14-12(21-16-8)13(5-6-13)17-22(19,20)10-7-18(2)15-11(10)9-3-4-9/h7,9,17H,3-6H2,1-2H3. The van der Waals surface area contributed by atoms with Gasteiger partial charge in [-0.2, -0.15) is 14.8 Å². The average Bonchev–Trinajstić information content (AvgIpc) is 3.35. The molecule has 0 aliphatic heterocycles. The topological polar surface area (TPSA) is 103 Å². The molecule has 22 heavy (non-hydrogen) atoms. The molecule has 2 aliphatic rings. The number of nitrogens with one attached hydrogen (secondary N) is 1. The summed E-state index contributed by atoms with van der Waals surface area (Å²) in [5.41, 5.74) is -0.0935. The summed E-state index contributed by atoms with van der Waals surface area (Å²) >= 11 is 0. The van der Waals surface area contributed by atoms with Crippen molar-refractivity contribution < 1.29 is 12.9 Å². The van der Waals surface area contributed by atoms with Gasteiger partial charge in [-0.25, -0.2) is 8.42 Å². The second-order valence-electron chi connectivity index (χ2n) is 6.16. The Morgan fingerprint density at radius 2 is 2.14 bits per heavy atom. The predicted octanol–water partition coefficient (Wildman–Crippen LogP) is 0.957. The fourth-order valence-electron chi connectivity index (χ4n) is 2.62. The molecule has 2 aromatic heterocycles. The van der Waals surface area contributed by atoms with E-state index in [1.807, 2.05) is 0 Å². The number of rotatable bonds is 5. The Balaban J connectivity index is 1.67. The molecule has 118 valence electrons. The van der Waals surface area contributed by atoms with Crippen molar-refractivity contribution in [2.75, 3.05) is 0 Å². The van der Waals surface area contributed by atoms with Crippen molar-refractivity contribution >= 4 is 10.0 Å². The highest BCUT2D eigenvalue weighted by Crippen LogP contribution is 2.47. The lowest BCUT2D eigenvalue weighted by Gasteiger charge is -2.13. The van der Waals surface area contributed by atoms with Crippen LogP contribution < -0.4 is 4.72 Å². The summed E-state index contributed by atoms with van der Waals surface area (Å²) in [6.07, 6.45) is 4.87. The maximum absolute atomic E-state index is 12.8. The summed E-state index contributed by atoms with van der Waals surface area (Å²) in [4.78, 5) is 4.44. The first-order chi connectivity index (χ1) is 10.4. The molecule has 8 nitrogen and oxygen atoms in total. The lowest BCUT2D eigenvalue weighted by atomic mass is 10.3. The van der Waals surface area contributed by atoms with Crippen LogP contribution in [0.3, 0.4) is 0 Å². The van der Waals surface area contributed by atoms with Crippen LogP contribution in [0.4, 0.5) is 0 Å². The summed E-state index contributed by atoms with van der Waals surface area (Å²) in [6, 6.07) is 0. The Kier molecular flexibility index (Phi) is 2.77. The highest BCUT2D eigenvalue weighted by molar-refractivity contribution is 7.89. The molecule has 0 spiro atoms. The molecule has 2 saturated carbocycles. The van der Waals surface area contributed by atoms with Gasteiger partial charge in [-0.05, 0) is 32.6 Å². The molecule has 4 rings (SSSR count). The maximum atomic E-state index is 12.8. The van der Waals surface area contributed by atoms with Crippen LogP contribution in [0.1, 0.15) is 49.0 Å². The van der Waals surface area contributed by atoms with Gasteiger partial charge < -0.3 is 4.52 Å². The third-order valence-electron chi connectivity index (χ3n) is 4.09. The highest BCUT2D eigenvalue weighted by Gasteiger charge is 2.53. The Bertz CT molecular complexity index is 830. The number of sulfonamides is 1. The van der Waals surface area contributed by atoms with Crippen LogP contribution in [0.15, 0.2) is 15.6 Å². The van der Waals surface area contributed by atoms with E-state index in [2.05, 4.69) is 20.0 Å². The van der Waals surface area contributed by atoms with Gasteiger partial charge in [0.1, 0.15) is 10.4 Å². The summed E-state index contributed by atoms with van der Waals surface area (Å²) in [5.74, 6) is 1.10. The molecule has 1 N–H and O–H groups in total. The van der Waals surface area contributed by atoms with Crippen LogP contribution in [0.2, 0.25) is 0 Å². The van der Waals surface area contributed by atoms with Crippen molar-refractivity contribution in [2.24, 2.45) is 7.05 Å². The zero-order valence-electron chi connectivity index (χ0n) is 12.4. The number of aryl methyl sites for hydroxylation is 2. The van der Waals surface area contributed by atoms with Gasteiger partial charge >= 0.3 is 0 Å². The first kappa shape index (κ1) is 13.9. The van der Waals surface area contributed by atoms with Crippen molar-refractivity contribution in [3.8, 4) is 0 Å². The molecule has 0 bridgehead atoms. The van der Waals surface area contributed by atoms with Crippen LogP contribution >= 0.6 is 0 Å². The first-order valence-electron chi connectivity index (χ1n) is 7.28. The molecular weight excluding hydrogens is 306 g/mol. The second kappa shape index (κ2) is 4.39. The highest BCUT2D eigenvalue weighted by atomic mass is 32.2. The maximum Gasteiger partial charge on any atom is 0.247 e. The molecule has 0 atom stereocenters. The van der Waals surface area contributed by atoms with E-state index in [1.54, 1.807) is 24.9 Å². The van der Waals surface area contributed by atoms with Gasteiger partial charge in [-0.1, -0.05) is 5.16 Å². The molecule has 0 amide bonds. The molecule has 2 aromatic rings. The Morgan fingerprint density at radius 1 is 1.41 bits per heavy atom. The summed E-state index contributed by atoms with van der Waals surface area (Å²) in [6.45, 7) is 1.71. The van der Waals surface area contributed by atoms with Crippen molar-refractivity contribution in [1.29, 1.82) is 0 Å². The zero-order chi connectivity index (χ0) is 15.5. The summed E-state index contributed by atoms with van der Waals surface area (Å²) < 4.78 is 35.0. The van der Waals surface area contributed by atoms with Gasteiger partial charge in [0, 0.05) is 19.2 Å². The molecule has 0 saturated heterocycles. The molecule has 0 radical (unpaired) electrons. The fourth-order valence-corrected chi connectivity index (χ4v) is 4.31. The Morgan fingerprint density at radius 3 is 2.68 bits per heavy atom. The SMILES string of the molecule is Cc1noc(C2(NS(=O)(=O)c3cn(C)nc3C3CC3)CC2)n1. The third-order valence-corrected chi connectivity index (χ3v) is 5.65. The van der Waals surface area contributed by atoms with Crippen molar-refractivity contribution in [1.82, 2.24) is 24.6 Å². The van der Waals surface area contributed by atoms with E-state index in [0.29, 0.717) is 30.3 Å². The van der Waals surface area contributed by atoms with Gasteiger partial charge in [-0.15, -0.1) is 0 Å². The number of hydrogen-bond donors (Lipinski definition) is 1. The van der Waals surface area contributed by atoms with Crippen molar-refractivity contribution in [2.45, 2.75) is 49.0 Å². The molecule has 0 unspecified atom stereocenters. The van der Waals surface area contributed by atoms with E-state index < -0.39 is 15.6 Å². The largest absolute Gasteiger partial charge is 0.337 e. The van der Waals surface area contributed by atoms with Crippen LogP contribution in [-0.4, -0.2) is 28.3 Å². The number of nitrogens with zero attached hydrogens (tertiary/aromatic N) is 4. The monoisotopic (exact) mass is 323 g/mol. The minimum absolute atomic E-state index is 0.258. The fraction of sp³-hybridized carbons (Fsp3) is 0.615. The Labute approximate surface area is 127 Å². The van der Waals surface area contributed by atoms with E-state index in [1.165, 1.54) is 0 Å². The predicted molar refractivity (Wildman–Crippen MR) is 75.5 cm³/mol. The second-order valence-corrected chi connectivity index (χ2v) is 7.81. The lowest BCUT2D eigenvalue weighted by Crippen LogP contribution is -2.35. The van der Waals surface area contributed by atoms with E-state index >= 15 is 0 Å². The normalized spacial score (nSPS) is 20.3. The van der Waals surface area contributed by atoms with Gasteiger partial charge in [0.25, 0.3) is 0 Å². The number of aromatic nitrogens is 4. The van der Waals surface area contributed by atoms with E-state index in [9.17, 15) is 8.42 Å². The molecule has 9 heteroatoms. The van der Waals surface area contributed by atoms with Gasteiger partial charge in [0.15, 0.2) is 5.82 Å². The molecule has 2 fully saturated rings. The summed E-state index contributed by atoms with van der Waals surface area (Å²) in [7, 11) is -1.94. The van der Waals surface area contributed by atoms with E-state index in [4.69, 9.17) is 4.52 Å². The van der Waals surface area contributed by atoms with Crippen molar-refractivity contribution in [3.63, 3.8) is 0 Å². The molecular formula is C13H17N5O3S. The quantitative estimate of drug-likeness (QED) is 0.879. The molecule has 0 aromatic carbocycles.